The first-order valence-electron chi connectivity index (χ1n) is 8.28. The Morgan fingerprint density at radius 2 is 1.64 bits per heavy atom. The van der Waals surface area contributed by atoms with Crippen LogP contribution in [0.2, 0.25) is 5.02 Å². The predicted octanol–water partition coefficient (Wildman–Crippen LogP) is 6.90. The SMILES string of the molecule is O=C(Nc1ccc(Cl)c(C(F)(F)F)c1)c1ccccc1SCc1ccccc1. The first-order valence-corrected chi connectivity index (χ1v) is 9.65. The summed E-state index contributed by atoms with van der Waals surface area (Å²) < 4.78 is 39.0. The molecular formula is C21H15ClF3NOS. The highest BCUT2D eigenvalue weighted by atomic mass is 35.5. The van der Waals surface area contributed by atoms with Crippen molar-refractivity contribution >= 4 is 35.0 Å². The third-order valence-corrected chi connectivity index (χ3v) is 5.37. The number of thioether (sulfide) groups is 1. The summed E-state index contributed by atoms with van der Waals surface area (Å²) in [6.45, 7) is 0. The van der Waals surface area contributed by atoms with E-state index < -0.39 is 22.7 Å². The average Bonchev–Trinajstić information content (AvgIpc) is 2.68. The Morgan fingerprint density at radius 1 is 0.964 bits per heavy atom. The minimum atomic E-state index is -4.60. The van der Waals surface area contributed by atoms with E-state index in [1.54, 1.807) is 12.1 Å². The van der Waals surface area contributed by atoms with Crippen LogP contribution in [-0.4, -0.2) is 5.91 Å². The van der Waals surface area contributed by atoms with Crippen molar-refractivity contribution in [3.05, 3.63) is 94.5 Å². The fourth-order valence-corrected chi connectivity index (χ4v) is 3.76. The Morgan fingerprint density at radius 3 is 2.36 bits per heavy atom. The molecule has 0 unspecified atom stereocenters. The van der Waals surface area contributed by atoms with Crippen LogP contribution < -0.4 is 5.32 Å². The normalized spacial score (nSPS) is 11.3. The van der Waals surface area contributed by atoms with Gasteiger partial charge in [0, 0.05) is 16.3 Å². The largest absolute Gasteiger partial charge is 0.417 e. The number of anilines is 1. The molecule has 28 heavy (non-hydrogen) atoms. The van der Waals surface area contributed by atoms with Crippen LogP contribution in [0.4, 0.5) is 18.9 Å². The van der Waals surface area contributed by atoms with E-state index in [-0.39, 0.29) is 5.69 Å². The van der Waals surface area contributed by atoms with Crippen LogP contribution in [0.3, 0.4) is 0 Å². The number of carbonyl (C=O) groups is 1. The van der Waals surface area contributed by atoms with Gasteiger partial charge in [-0.3, -0.25) is 4.79 Å². The zero-order valence-corrected chi connectivity index (χ0v) is 16.0. The highest BCUT2D eigenvalue weighted by Crippen LogP contribution is 2.36. The first kappa shape index (κ1) is 20.3. The van der Waals surface area contributed by atoms with Crippen molar-refractivity contribution in [2.45, 2.75) is 16.8 Å². The topological polar surface area (TPSA) is 29.1 Å². The smallest absolute Gasteiger partial charge is 0.322 e. The maximum absolute atomic E-state index is 13.0. The number of amides is 1. The summed E-state index contributed by atoms with van der Waals surface area (Å²) in [7, 11) is 0. The number of nitrogens with one attached hydrogen (secondary N) is 1. The Bertz CT molecular complexity index is 977. The lowest BCUT2D eigenvalue weighted by molar-refractivity contribution is -0.137. The van der Waals surface area contributed by atoms with E-state index in [0.29, 0.717) is 11.3 Å². The van der Waals surface area contributed by atoms with E-state index in [4.69, 9.17) is 11.6 Å². The second kappa shape index (κ2) is 8.71. The van der Waals surface area contributed by atoms with Crippen LogP contribution >= 0.6 is 23.4 Å². The van der Waals surface area contributed by atoms with Gasteiger partial charge in [0.25, 0.3) is 5.91 Å². The minimum Gasteiger partial charge on any atom is -0.322 e. The van der Waals surface area contributed by atoms with Gasteiger partial charge in [0.15, 0.2) is 0 Å². The van der Waals surface area contributed by atoms with E-state index in [1.165, 1.54) is 17.8 Å². The molecule has 2 nitrogen and oxygen atoms in total. The van der Waals surface area contributed by atoms with Crippen molar-refractivity contribution in [1.29, 1.82) is 0 Å². The lowest BCUT2D eigenvalue weighted by Gasteiger charge is -2.13. The van der Waals surface area contributed by atoms with Crippen LogP contribution in [0.25, 0.3) is 0 Å². The van der Waals surface area contributed by atoms with Crippen LogP contribution in [0.1, 0.15) is 21.5 Å². The fraction of sp³-hybridized carbons (Fsp3) is 0.0952. The lowest BCUT2D eigenvalue weighted by Crippen LogP contribution is -2.14. The molecule has 0 aliphatic rings. The third-order valence-electron chi connectivity index (χ3n) is 3.90. The number of carbonyl (C=O) groups excluding carboxylic acids is 1. The molecule has 3 aromatic rings. The van der Waals surface area contributed by atoms with E-state index in [2.05, 4.69) is 5.32 Å². The van der Waals surface area contributed by atoms with Gasteiger partial charge in [-0.25, -0.2) is 0 Å². The molecule has 7 heteroatoms. The number of hydrogen-bond donors (Lipinski definition) is 1. The molecule has 1 amide bonds. The maximum atomic E-state index is 13.0. The number of benzene rings is 3. The molecule has 3 aromatic carbocycles. The standard InChI is InChI=1S/C21H15ClF3NOS/c22-18-11-10-15(12-17(18)21(23,24)25)26-20(27)16-8-4-5-9-19(16)28-13-14-6-2-1-3-7-14/h1-12H,13H2,(H,26,27). The molecule has 0 fully saturated rings. The summed E-state index contributed by atoms with van der Waals surface area (Å²) in [5, 5.41) is 2.11. The molecule has 0 saturated heterocycles. The molecule has 0 radical (unpaired) electrons. The van der Waals surface area contributed by atoms with Crippen molar-refractivity contribution in [2.75, 3.05) is 5.32 Å². The maximum Gasteiger partial charge on any atom is 0.417 e. The van der Waals surface area contributed by atoms with Gasteiger partial charge in [-0.15, -0.1) is 11.8 Å². The van der Waals surface area contributed by atoms with Gasteiger partial charge in [0.2, 0.25) is 0 Å². The summed E-state index contributed by atoms with van der Waals surface area (Å²) in [5.74, 6) is 0.191. The second-order valence-electron chi connectivity index (χ2n) is 5.92. The van der Waals surface area contributed by atoms with Crippen molar-refractivity contribution in [3.63, 3.8) is 0 Å². The lowest BCUT2D eigenvalue weighted by atomic mass is 10.1. The monoisotopic (exact) mass is 421 g/mol. The Balaban J connectivity index is 1.78. The summed E-state index contributed by atoms with van der Waals surface area (Å²) in [4.78, 5) is 13.4. The summed E-state index contributed by atoms with van der Waals surface area (Å²) >= 11 is 7.11. The van der Waals surface area contributed by atoms with Crippen LogP contribution in [0.15, 0.2) is 77.7 Å². The van der Waals surface area contributed by atoms with Crippen molar-refractivity contribution < 1.29 is 18.0 Å². The Labute approximate surface area is 169 Å². The van der Waals surface area contributed by atoms with Crippen molar-refractivity contribution in [1.82, 2.24) is 0 Å². The quantitative estimate of drug-likeness (QED) is 0.454. The highest BCUT2D eigenvalue weighted by molar-refractivity contribution is 7.98. The van der Waals surface area contributed by atoms with Crippen LogP contribution in [0, 0.1) is 0 Å². The number of halogens is 4. The molecule has 0 aliphatic heterocycles. The molecule has 0 atom stereocenters. The predicted molar refractivity (Wildman–Crippen MR) is 107 cm³/mol. The third kappa shape index (κ3) is 5.09. The van der Waals surface area contributed by atoms with E-state index >= 15 is 0 Å². The molecule has 0 bridgehead atoms. The number of alkyl halides is 3. The highest BCUT2D eigenvalue weighted by Gasteiger charge is 2.33. The summed E-state index contributed by atoms with van der Waals surface area (Å²) in [6.07, 6.45) is -4.60. The van der Waals surface area contributed by atoms with E-state index in [1.807, 2.05) is 42.5 Å². The molecule has 0 spiro atoms. The van der Waals surface area contributed by atoms with Gasteiger partial charge in [-0.1, -0.05) is 54.1 Å². The minimum absolute atomic E-state index is 0.0320. The second-order valence-corrected chi connectivity index (χ2v) is 7.34. The van der Waals surface area contributed by atoms with Gasteiger partial charge in [-0.2, -0.15) is 13.2 Å². The van der Waals surface area contributed by atoms with Crippen LogP contribution in [0.5, 0.6) is 0 Å². The molecule has 0 aliphatic carbocycles. The van der Waals surface area contributed by atoms with Crippen molar-refractivity contribution in [3.8, 4) is 0 Å². The van der Waals surface area contributed by atoms with Gasteiger partial charge >= 0.3 is 6.18 Å². The molecule has 3 rings (SSSR count). The van der Waals surface area contributed by atoms with Gasteiger partial charge in [0.05, 0.1) is 16.1 Å². The Hall–Kier alpha value is -2.44. The summed E-state index contributed by atoms with van der Waals surface area (Å²) in [6, 6.07) is 20.1. The van der Waals surface area contributed by atoms with Crippen LogP contribution in [-0.2, 0) is 11.9 Å². The molecule has 0 aromatic heterocycles. The molecule has 0 heterocycles. The van der Waals surface area contributed by atoms with Gasteiger partial charge < -0.3 is 5.32 Å². The average molecular weight is 422 g/mol. The first-order chi connectivity index (χ1) is 13.3. The zero-order valence-electron chi connectivity index (χ0n) is 14.5. The number of hydrogen-bond acceptors (Lipinski definition) is 2. The van der Waals surface area contributed by atoms with E-state index in [9.17, 15) is 18.0 Å². The molecule has 0 saturated carbocycles. The zero-order chi connectivity index (χ0) is 20.1. The molecule has 144 valence electrons. The Kier molecular flexibility index (Phi) is 6.31. The van der Waals surface area contributed by atoms with Gasteiger partial charge in [-0.05, 0) is 35.9 Å². The van der Waals surface area contributed by atoms with E-state index in [0.717, 1.165) is 22.6 Å². The molecular weight excluding hydrogens is 407 g/mol. The molecule has 1 N–H and O–H groups in total. The fourth-order valence-electron chi connectivity index (χ4n) is 2.53. The number of rotatable bonds is 5. The van der Waals surface area contributed by atoms with Gasteiger partial charge in [0.1, 0.15) is 0 Å². The summed E-state index contributed by atoms with van der Waals surface area (Å²) in [5.41, 5.74) is 0.547. The van der Waals surface area contributed by atoms with Crippen molar-refractivity contribution in [2.24, 2.45) is 0 Å².